The zero-order valence-corrected chi connectivity index (χ0v) is 18.1. The van der Waals surface area contributed by atoms with Gasteiger partial charge in [-0.1, -0.05) is 24.6 Å². The zero-order valence-electron chi connectivity index (χ0n) is 18.1. The van der Waals surface area contributed by atoms with Crippen molar-refractivity contribution < 1.29 is 23.7 Å². The van der Waals surface area contributed by atoms with Gasteiger partial charge in [-0.15, -0.1) is 0 Å². The molecule has 0 radical (unpaired) electrons. The van der Waals surface area contributed by atoms with E-state index in [4.69, 9.17) is 18.9 Å². The normalized spacial score (nSPS) is 29.3. The van der Waals surface area contributed by atoms with Gasteiger partial charge in [-0.2, -0.15) is 0 Å². The van der Waals surface area contributed by atoms with Crippen LogP contribution >= 0.6 is 0 Å². The molecule has 1 fully saturated rings. The molecule has 0 aromatic heterocycles. The van der Waals surface area contributed by atoms with Crippen molar-refractivity contribution in [2.75, 3.05) is 27.6 Å². The molecule has 0 N–H and O–H groups in total. The van der Waals surface area contributed by atoms with Crippen LogP contribution in [-0.4, -0.2) is 39.5 Å². The van der Waals surface area contributed by atoms with Gasteiger partial charge in [0.2, 0.25) is 0 Å². The Balaban J connectivity index is 1.62. The first kappa shape index (κ1) is 22.0. The molecule has 0 heterocycles. The summed E-state index contributed by atoms with van der Waals surface area (Å²) in [5.74, 6) is 1.50. The van der Waals surface area contributed by atoms with Gasteiger partial charge in [0.05, 0.1) is 19.8 Å². The second-order valence-corrected chi connectivity index (χ2v) is 8.75. The Labute approximate surface area is 174 Å². The van der Waals surface area contributed by atoms with Crippen LogP contribution in [0.25, 0.3) is 0 Å². The molecule has 0 unspecified atom stereocenters. The van der Waals surface area contributed by atoms with E-state index in [1.54, 1.807) is 14.2 Å². The second kappa shape index (κ2) is 9.88. The molecule has 0 spiro atoms. The predicted octanol–water partition coefficient (Wildman–Crippen LogP) is 4.54. The highest BCUT2D eigenvalue weighted by Gasteiger charge is 2.49. The molecule has 1 aromatic rings. The minimum Gasteiger partial charge on any atom is -0.497 e. The first-order chi connectivity index (χ1) is 13.9. The molecular weight excluding hydrogens is 368 g/mol. The summed E-state index contributed by atoms with van der Waals surface area (Å²) in [6.45, 7) is 5.89. The van der Waals surface area contributed by atoms with E-state index >= 15 is 0 Å². The van der Waals surface area contributed by atoms with Crippen LogP contribution < -0.4 is 4.74 Å². The van der Waals surface area contributed by atoms with Crippen molar-refractivity contribution in [2.24, 2.45) is 17.3 Å². The highest BCUT2D eigenvalue weighted by molar-refractivity contribution is 5.93. The van der Waals surface area contributed by atoms with Crippen LogP contribution in [0.3, 0.4) is 0 Å². The van der Waals surface area contributed by atoms with E-state index in [9.17, 15) is 4.79 Å². The lowest BCUT2D eigenvalue weighted by Crippen LogP contribution is -2.48. The van der Waals surface area contributed by atoms with Crippen molar-refractivity contribution in [1.29, 1.82) is 0 Å². The zero-order chi connectivity index (χ0) is 20.9. The lowest BCUT2D eigenvalue weighted by atomic mass is 9.56. The van der Waals surface area contributed by atoms with E-state index in [1.165, 1.54) is 5.57 Å². The molecule has 0 bridgehead atoms. The number of carbonyl (C=O) groups is 1. The van der Waals surface area contributed by atoms with Gasteiger partial charge in [-0.25, -0.2) is 0 Å². The number of benzene rings is 1. The number of rotatable bonds is 9. The largest absolute Gasteiger partial charge is 0.497 e. The lowest BCUT2D eigenvalue weighted by molar-refractivity contribution is -0.145. The third-order valence-corrected chi connectivity index (χ3v) is 6.55. The van der Waals surface area contributed by atoms with Crippen molar-refractivity contribution in [1.82, 2.24) is 0 Å². The Kier molecular flexibility index (Phi) is 7.49. The Morgan fingerprint density at radius 2 is 1.93 bits per heavy atom. The van der Waals surface area contributed by atoms with E-state index in [-0.39, 0.29) is 30.0 Å². The summed E-state index contributed by atoms with van der Waals surface area (Å²) in [6.07, 6.45) is 5.52. The number of methoxy groups -OCH3 is 2. The average Bonchev–Trinajstić information content (AvgIpc) is 2.71. The van der Waals surface area contributed by atoms with E-state index in [0.717, 1.165) is 37.0 Å². The molecule has 29 heavy (non-hydrogen) atoms. The van der Waals surface area contributed by atoms with Gasteiger partial charge in [0.15, 0.2) is 5.78 Å². The smallest absolute Gasteiger partial charge is 0.159 e. The number of allylic oxidation sites excluding steroid dienone is 2. The maximum Gasteiger partial charge on any atom is 0.159 e. The van der Waals surface area contributed by atoms with Crippen molar-refractivity contribution in [2.45, 2.75) is 52.2 Å². The number of hydrogen-bond donors (Lipinski definition) is 0. The third kappa shape index (κ3) is 5.47. The highest BCUT2D eigenvalue weighted by Crippen LogP contribution is 2.52. The summed E-state index contributed by atoms with van der Waals surface area (Å²) in [5, 5.41) is 0. The lowest BCUT2D eigenvalue weighted by Gasteiger charge is -2.50. The molecule has 160 valence electrons. The van der Waals surface area contributed by atoms with Gasteiger partial charge in [-0.05, 0) is 67.7 Å². The van der Waals surface area contributed by atoms with E-state index in [2.05, 4.69) is 13.8 Å². The summed E-state index contributed by atoms with van der Waals surface area (Å²) in [4.78, 5) is 12.7. The minimum absolute atomic E-state index is 0.00636. The molecule has 0 saturated heterocycles. The van der Waals surface area contributed by atoms with Crippen LogP contribution in [0.4, 0.5) is 0 Å². The van der Waals surface area contributed by atoms with Crippen LogP contribution in [-0.2, 0) is 25.6 Å². The van der Waals surface area contributed by atoms with E-state index < -0.39 is 0 Å². The van der Waals surface area contributed by atoms with E-state index in [1.807, 2.05) is 30.3 Å². The Morgan fingerprint density at radius 1 is 1.17 bits per heavy atom. The summed E-state index contributed by atoms with van der Waals surface area (Å²) < 4.78 is 22.2. The van der Waals surface area contributed by atoms with Crippen LogP contribution in [0.2, 0.25) is 0 Å². The maximum atomic E-state index is 12.7. The molecule has 1 aromatic carbocycles. The van der Waals surface area contributed by atoms with Crippen LogP contribution in [0, 0.1) is 17.3 Å². The quantitative estimate of drug-likeness (QED) is 0.448. The number of hydrogen-bond acceptors (Lipinski definition) is 5. The molecule has 0 aliphatic heterocycles. The maximum absolute atomic E-state index is 12.7. The SMILES string of the molecule is COCO[C@@H]1C[C@@H]2C(=O)C=C(C)C[C@H]2[C@](C)(CCOCc2ccc(OC)cc2)C1. The Morgan fingerprint density at radius 3 is 2.62 bits per heavy atom. The van der Waals surface area contributed by atoms with Gasteiger partial charge in [0.1, 0.15) is 12.5 Å². The van der Waals surface area contributed by atoms with Gasteiger partial charge in [0, 0.05) is 19.6 Å². The van der Waals surface area contributed by atoms with Crippen LogP contribution in [0.1, 0.15) is 45.1 Å². The van der Waals surface area contributed by atoms with Crippen molar-refractivity contribution >= 4 is 5.78 Å². The molecule has 2 aliphatic carbocycles. The van der Waals surface area contributed by atoms with Crippen molar-refractivity contribution in [3.8, 4) is 5.75 Å². The van der Waals surface area contributed by atoms with Crippen LogP contribution in [0.5, 0.6) is 5.75 Å². The molecule has 2 aliphatic rings. The molecular formula is C24H34O5. The summed E-state index contributed by atoms with van der Waals surface area (Å²) in [6, 6.07) is 7.96. The molecule has 5 nitrogen and oxygen atoms in total. The minimum atomic E-state index is 0.00636. The fourth-order valence-corrected chi connectivity index (χ4v) is 4.94. The van der Waals surface area contributed by atoms with Gasteiger partial charge in [0.25, 0.3) is 0 Å². The fraction of sp³-hybridized carbons (Fsp3) is 0.625. The number of ketones is 1. The molecule has 5 heteroatoms. The first-order valence-corrected chi connectivity index (χ1v) is 10.5. The molecule has 1 saturated carbocycles. The molecule has 4 atom stereocenters. The van der Waals surface area contributed by atoms with Gasteiger partial charge < -0.3 is 18.9 Å². The number of fused-ring (bicyclic) bond motifs is 1. The van der Waals surface area contributed by atoms with Gasteiger partial charge >= 0.3 is 0 Å². The summed E-state index contributed by atoms with van der Waals surface area (Å²) in [7, 11) is 3.30. The number of carbonyl (C=O) groups excluding carboxylic acids is 1. The average molecular weight is 403 g/mol. The Bertz CT molecular complexity index is 710. The highest BCUT2D eigenvalue weighted by atomic mass is 16.7. The second-order valence-electron chi connectivity index (χ2n) is 8.75. The fourth-order valence-electron chi connectivity index (χ4n) is 4.94. The standard InChI is InChI=1S/C24H34O5/c1-17-11-22-21(23(25)12-17)13-20(29-16-26-3)14-24(22,2)9-10-28-15-18-5-7-19(27-4)8-6-18/h5-8,12,20-22H,9-11,13-16H2,1-4H3/t20-,21+,22-,24-/m1/s1. The van der Waals surface area contributed by atoms with Crippen molar-refractivity contribution in [3.05, 3.63) is 41.5 Å². The van der Waals surface area contributed by atoms with Gasteiger partial charge in [-0.3, -0.25) is 4.79 Å². The topological polar surface area (TPSA) is 54.0 Å². The monoisotopic (exact) mass is 402 g/mol. The molecule has 3 rings (SSSR count). The first-order valence-electron chi connectivity index (χ1n) is 10.5. The van der Waals surface area contributed by atoms with E-state index in [0.29, 0.717) is 19.1 Å². The third-order valence-electron chi connectivity index (χ3n) is 6.55. The Hall–Kier alpha value is -1.69. The molecule has 0 amide bonds. The number of ether oxygens (including phenoxy) is 4. The summed E-state index contributed by atoms with van der Waals surface area (Å²) in [5.41, 5.74) is 2.33. The summed E-state index contributed by atoms with van der Waals surface area (Å²) >= 11 is 0. The van der Waals surface area contributed by atoms with Crippen LogP contribution in [0.15, 0.2) is 35.9 Å². The van der Waals surface area contributed by atoms with Crippen molar-refractivity contribution in [3.63, 3.8) is 0 Å². The predicted molar refractivity (Wildman–Crippen MR) is 112 cm³/mol.